The Bertz CT molecular complexity index is 855. The molecule has 1 aliphatic rings. The maximum atomic E-state index is 11.8. The first kappa shape index (κ1) is 21.8. The van der Waals surface area contributed by atoms with Gasteiger partial charge in [-0.3, -0.25) is 14.9 Å². The fourth-order valence-corrected chi connectivity index (χ4v) is 3.44. The van der Waals surface area contributed by atoms with Gasteiger partial charge in [-0.1, -0.05) is 60.7 Å². The highest BCUT2D eigenvalue weighted by molar-refractivity contribution is 5.76. The molecule has 0 N–H and O–H groups in total. The number of ether oxygens (including phenoxy) is 3. The molecule has 0 aromatic heterocycles. The number of nitro groups is 1. The average molecular weight is 411 g/mol. The Morgan fingerprint density at radius 3 is 2.03 bits per heavy atom. The zero-order valence-electron chi connectivity index (χ0n) is 16.8. The molecule has 158 valence electrons. The maximum absolute atomic E-state index is 11.8. The molecule has 0 amide bonds. The Labute approximate surface area is 175 Å². The van der Waals surface area contributed by atoms with Crippen LogP contribution < -0.4 is 0 Å². The first-order valence-electron chi connectivity index (χ1n) is 9.80. The van der Waals surface area contributed by atoms with Gasteiger partial charge in [0.05, 0.1) is 24.2 Å². The lowest BCUT2D eigenvalue weighted by atomic mass is 10.0. The highest BCUT2D eigenvalue weighted by atomic mass is 16.6. The van der Waals surface area contributed by atoms with E-state index in [1.165, 1.54) is 13.0 Å². The van der Waals surface area contributed by atoms with Crippen LogP contribution in [0, 0.1) is 10.1 Å². The number of rotatable bonds is 10. The summed E-state index contributed by atoms with van der Waals surface area (Å²) in [5.41, 5.74) is 1.94. The van der Waals surface area contributed by atoms with Crippen LogP contribution in [0.25, 0.3) is 0 Å². The number of carbonyl (C=O) groups excluding carboxylic acids is 1. The summed E-state index contributed by atoms with van der Waals surface area (Å²) >= 11 is 0. The lowest BCUT2D eigenvalue weighted by Crippen LogP contribution is -2.37. The topological polar surface area (TPSA) is 87.9 Å². The zero-order valence-corrected chi connectivity index (χ0v) is 16.8. The van der Waals surface area contributed by atoms with Gasteiger partial charge >= 0.3 is 0 Å². The largest absolute Gasteiger partial charge is 0.368 e. The summed E-state index contributed by atoms with van der Waals surface area (Å²) in [5, 5.41) is 10.8. The monoisotopic (exact) mass is 411 g/mol. The molecular weight excluding hydrogens is 386 g/mol. The summed E-state index contributed by atoms with van der Waals surface area (Å²) < 4.78 is 18.2. The van der Waals surface area contributed by atoms with Crippen LogP contribution >= 0.6 is 0 Å². The normalized spacial score (nSPS) is 23.6. The summed E-state index contributed by atoms with van der Waals surface area (Å²) in [6.07, 6.45) is -0.0258. The van der Waals surface area contributed by atoms with Gasteiger partial charge in [0.25, 0.3) is 0 Å². The third-order valence-electron chi connectivity index (χ3n) is 4.80. The van der Waals surface area contributed by atoms with Gasteiger partial charge < -0.3 is 14.2 Å². The van der Waals surface area contributed by atoms with Crippen LogP contribution in [0.4, 0.5) is 0 Å². The Morgan fingerprint density at radius 2 is 1.53 bits per heavy atom. The third kappa shape index (κ3) is 6.32. The minimum absolute atomic E-state index is 0.0472. The van der Waals surface area contributed by atoms with Gasteiger partial charge in [0.15, 0.2) is 0 Å². The van der Waals surface area contributed by atoms with Crippen LogP contribution in [-0.4, -0.2) is 35.1 Å². The van der Waals surface area contributed by atoms with Crippen molar-refractivity contribution in [1.29, 1.82) is 0 Å². The van der Waals surface area contributed by atoms with Crippen LogP contribution in [0.2, 0.25) is 0 Å². The number of hydrogen-bond acceptors (Lipinski definition) is 6. The molecular formula is C23H25NO6. The minimum Gasteiger partial charge on any atom is -0.368 e. The van der Waals surface area contributed by atoms with E-state index in [-0.39, 0.29) is 12.2 Å². The van der Waals surface area contributed by atoms with E-state index >= 15 is 0 Å². The van der Waals surface area contributed by atoms with Crippen molar-refractivity contribution in [2.75, 3.05) is 0 Å². The predicted molar refractivity (Wildman–Crippen MR) is 110 cm³/mol. The number of ketones is 1. The molecule has 0 bridgehead atoms. The molecule has 0 saturated carbocycles. The van der Waals surface area contributed by atoms with E-state index < -0.39 is 29.3 Å². The van der Waals surface area contributed by atoms with Gasteiger partial charge in [0.2, 0.25) is 6.20 Å². The van der Waals surface area contributed by atoms with Gasteiger partial charge in [-0.05, 0) is 18.1 Å². The second-order valence-corrected chi connectivity index (χ2v) is 7.19. The molecule has 7 nitrogen and oxygen atoms in total. The van der Waals surface area contributed by atoms with Crippen LogP contribution in [0.3, 0.4) is 0 Å². The fourth-order valence-electron chi connectivity index (χ4n) is 3.44. The number of carbonyl (C=O) groups is 1. The first-order chi connectivity index (χ1) is 14.5. The lowest BCUT2D eigenvalue weighted by Gasteiger charge is -2.24. The SMILES string of the molecule is CC(=O)C[C@H]1O[C@H](/C=C/[N+](=O)[O-])[C@@H](OCc2ccccc2)[C@@H]1OCc1ccccc1. The molecule has 0 aliphatic carbocycles. The average Bonchev–Trinajstić information content (AvgIpc) is 3.06. The molecule has 1 fully saturated rings. The minimum atomic E-state index is -0.691. The van der Waals surface area contributed by atoms with Crippen LogP contribution in [0.5, 0.6) is 0 Å². The summed E-state index contributed by atoms with van der Waals surface area (Å²) in [7, 11) is 0. The van der Waals surface area contributed by atoms with Crippen molar-refractivity contribution in [3.63, 3.8) is 0 Å². The van der Waals surface area contributed by atoms with E-state index in [4.69, 9.17) is 14.2 Å². The van der Waals surface area contributed by atoms with Gasteiger partial charge in [-0.15, -0.1) is 0 Å². The molecule has 2 aromatic rings. The zero-order chi connectivity index (χ0) is 21.3. The summed E-state index contributed by atoms with van der Waals surface area (Å²) in [5.74, 6) is -0.0472. The first-order valence-corrected chi connectivity index (χ1v) is 9.80. The van der Waals surface area contributed by atoms with Gasteiger partial charge in [-0.25, -0.2) is 0 Å². The van der Waals surface area contributed by atoms with Gasteiger partial charge in [0.1, 0.15) is 24.1 Å². The molecule has 0 unspecified atom stereocenters. The summed E-state index contributed by atoms with van der Waals surface area (Å²) in [6, 6.07) is 19.3. The van der Waals surface area contributed by atoms with Crippen molar-refractivity contribution in [1.82, 2.24) is 0 Å². The van der Waals surface area contributed by atoms with Crippen molar-refractivity contribution >= 4 is 5.78 Å². The number of hydrogen-bond donors (Lipinski definition) is 0. The van der Waals surface area contributed by atoms with Crippen molar-refractivity contribution in [3.8, 4) is 0 Å². The van der Waals surface area contributed by atoms with E-state index in [9.17, 15) is 14.9 Å². The van der Waals surface area contributed by atoms with Crippen LogP contribution in [0.1, 0.15) is 24.5 Å². The number of nitrogens with zero attached hydrogens (tertiary/aromatic N) is 1. The molecule has 1 aliphatic heterocycles. The Morgan fingerprint density at radius 1 is 1.00 bits per heavy atom. The van der Waals surface area contributed by atoms with E-state index in [0.717, 1.165) is 17.3 Å². The third-order valence-corrected chi connectivity index (χ3v) is 4.80. The number of benzene rings is 2. The predicted octanol–water partition coefficient (Wildman–Crippen LogP) is 3.69. The quantitative estimate of drug-likeness (QED) is 0.438. The maximum Gasteiger partial charge on any atom is 0.233 e. The fraction of sp³-hybridized carbons (Fsp3) is 0.348. The van der Waals surface area contributed by atoms with E-state index in [0.29, 0.717) is 13.2 Å². The molecule has 30 heavy (non-hydrogen) atoms. The van der Waals surface area contributed by atoms with Gasteiger partial charge in [0, 0.05) is 12.5 Å². The molecule has 1 heterocycles. The smallest absolute Gasteiger partial charge is 0.233 e. The lowest BCUT2D eigenvalue weighted by molar-refractivity contribution is -0.403. The molecule has 1 saturated heterocycles. The molecule has 2 aromatic carbocycles. The Kier molecular flexibility index (Phi) is 7.84. The second kappa shape index (κ2) is 10.8. The van der Waals surface area contributed by atoms with Crippen LogP contribution in [0.15, 0.2) is 72.9 Å². The summed E-state index contributed by atoms with van der Waals surface area (Å²) in [6.45, 7) is 2.10. The molecule has 0 radical (unpaired) electrons. The highest BCUT2D eigenvalue weighted by Crippen LogP contribution is 2.31. The van der Waals surface area contributed by atoms with Crippen molar-refractivity contribution in [2.24, 2.45) is 0 Å². The standard InChI is InChI=1S/C23H25NO6/c1-17(25)14-21-23(29-16-19-10-6-3-7-11-19)22(20(30-21)12-13-24(26)27)28-15-18-8-4-2-5-9-18/h2-13,20-23H,14-16H2,1H3/b13-12+/t20-,21-,22-,23-/m1/s1. The highest BCUT2D eigenvalue weighted by Gasteiger charge is 2.46. The molecule has 4 atom stereocenters. The van der Waals surface area contributed by atoms with Crippen molar-refractivity contribution < 1.29 is 23.9 Å². The van der Waals surface area contributed by atoms with E-state index in [2.05, 4.69) is 0 Å². The molecule has 0 spiro atoms. The Hall–Kier alpha value is -2.87. The molecule has 3 rings (SSSR count). The number of Topliss-reactive ketones (excluding diaryl/α,β-unsaturated/α-hetero) is 1. The van der Waals surface area contributed by atoms with Gasteiger partial charge in [-0.2, -0.15) is 0 Å². The van der Waals surface area contributed by atoms with E-state index in [1.54, 1.807) is 0 Å². The molecule has 7 heteroatoms. The van der Waals surface area contributed by atoms with Crippen LogP contribution in [-0.2, 0) is 32.2 Å². The van der Waals surface area contributed by atoms with Crippen molar-refractivity contribution in [3.05, 3.63) is 94.2 Å². The second-order valence-electron chi connectivity index (χ2n) is 7.19. The van der Waals surface area contributed by atoms with Crippen molar-refractivity contribution in [2.45, 2.75) is 51.0 Å². The van der Waals surface area contributed by atoms with E-state index in [1.807, 2.05) is 60.7 Å². The Balaban J connectivity index is 1.79. The summed E-state index contributed by atoms with van der Waals surface area (Å²) in [4.78, 5) is 22.1.